The first kappa shape index (κ1) is 24.0. The van der Waals surface area contributed by atoms with Gasteiger partial charge in [-0.15, -0.1) is 0 Å². The number of piperidine rings is 1. The fourth-order valence-corrected chi connectivity index (χ4v) is 5.10. The number of amides is 1. The molecule has 178 valence electrons. The number of carbonyl (C=O) groups excluding carboxylic acids is 1. The van der Waals surface area contributed by atoms with E-state index in [2.05, 4.69) is 39.2 Å². The molecule has 6 nitrogen and oxygen atoms in total. The van der Waals surface area contributed by atoms with E-state index in [1.807, 2.05) is 6.92 Å². The minimum atomic E-state index is -3.68. The van der Waals surface area contributed by atoms with E-state index in [1.54, 1.807) is 48.5 Å². The number of hydrogen-bond donors (Lipinski definition) is 2. The Labute approximate surface area is 202 Å². The molecule has 1 amide bonds. The van der Waals surface area contributed by atoms with Gasteiger partial charge in [0.15, 0.2) is 0 Å². The van der Waals surface area contributed by atoms with Crippen LogP contribution in [0.1, 0.15) is 46.3 Å². The average Bonchev–Trinajstić information content (AvgIpc) is 2.84. The summed E-state index contributed by atoms with van der Waals surface area (Å²) in [4.78, 5) is 15.2. The Balaban J connectivity index is 1.29. The summed E-state index contributed by atoms with van der Waals surface area (Å²) in [6.07, 6.45) is 3.90. The van der Waals surface area contributed by atoms with Crippen LogP contribution >= 0.6 is 0 Å². The van der Waals surface area contributed by atoms with Crippen LogP contribution in [-0.2, 0) is 23.1 Å². The van der Waals surface area contributed by atoms with Gasteiger partial charge in [0.1, 0.15) is 0 Å². The minimum Gasteiger partial charge on any atom is -0.348 e. The fourth-order valence-electron chi connectivity index (χ4n) is 4.04. The molecule has 1 aliphatic rings. The number of hydrogen-bond acceptors (Lipinski definition) is 4. The number of nitrogens with zero attached hydrogens (tertiary/aromatic N) is 1. The lowest BCUT2D eigenvalue weighted by molar-refractivity contribution is 0.0951. The van der Waals surface area contributed by atoms with E-state index < -0.39 is 10.0 Å². The quantitative estimate of drug-likeness (QED) is 0.492. The first-order valence-corrected chi connectivity index (χ1v) is 13.2. The maximum absolute atomic E-state index is 12.5. The molecule has 0 aliphatic carbocycles. The number of sulfonamides is 1. The zero-order valence-electron chi connectivity index (χ0n) is 19.5. The molecule has 0 atom stereocenters. The van der Waals surface area contributed by atoms with Crippen LogP contribution in [0, 0.1) is 6.92 Å². The predicted octanol–water partition coefficient (Wildman–Crippen LogP) is 4.71. The molecule has 0 radical (unpaired) electrons. The van der Waals surface area contributed by atoms with Crippen LogP contribution in [0.5, 0.6) is 0 Å². The van der Waals surface area contributed by atoms with E-state index in [-0.39, 0.29) is 10.8 Å². The van der Waals surface area contributed by atoms with Gasteiger partial charge in [0.2, 0.25) is 0 Å². The van der Waals surface area contributed by atoms with Crippen molar-refractivity contribution in [2.24, 2.45) is 0 Å². The van der Waals surface area contributed by atoms with Crippen LogP contribution in [0.25, 0.3) is 0 Å². The number of aryl methyl sites for hydroxylation is 1. The molecular formula is C27H31N3O3S. The van der Waals surface area contributed by atoms with E-state index in [1.165, 1.54) is 37.9 Å². The van der Waals surface area contributed by atoms with Crippen LogP contribution < -0.4 is 10.0 Å². The van der Waals surface area contributed by atoms with Gasteiger partial charge in [-0.3, -0.25) is 14.4 Å². The minimum absolute atomic E-state index is 0.196. The third-order valence-corrected chi connectivity index (χ3v) is 7.46. The van der Waals surface area contributed by atoms with Crippen molar-refractivity contribution in [1.82, 2.24) is 10.2 Å². The second-order valence-corrected chi connectivity index (χ2v) is 10.5. The van der Waals surface area contributed by atoms with Crippen LogP contribution in [-0.4, -0.2) is 32.3 Å². The summed E-state index contributed by atoms with van der Waals surface area (Å²) in [6, 6.07) is 21.4. The number of likely N-dealkylation sites (tertiary alicyclic amines) is 1. The molecule has 3 aromatic carbocycles. The molecular weight excluding hydrogens is 446 g/mol. The molecule has 4 rings (SSSR count). The van der Waals surface area contributed by atoms with Gasteiger partial charge >= 0.3 is 0 Å². The van der Waals surface area contributed by atoms with Gasteiger partial charge < -0.3 is 5.32 Å². The van der Waals surface area contributed by atoms with Crippen molar-refractivity contribution in [3.05, 3.63) is 95.1 Å². The van der Waals surface area contributed by atoms with E-state index >= 15 is 0 Å². The highest BCUT2D eigenvalue weighted by molar-refractivity contribution is 7.92. The number of nitrogens with one attached hydrogen (secondary N) is 2. The zero-order chi connectivity index (χ0) is 24.0. The van der Waals surface area contributed by atoms with Crippen LogP contribution in [0.15, 0.2) is 77.7 Å². The first-order chi connectivity index (χ1) is 16.4. The molecule has 0 unspecified atom stereocenters. The molecule has 7 heteroatoms. The highest BCUT2D eigenvalue weighted by Crippen LogP contribution is 2.18. The van der Waals surface area contributed by atoms with Crippen molar-refractivity contribution in [1.29, 1.82) is 0 Å². The Hall–Kier alpha value is -3.16. The van der Waals surface area contributed by atoms with Gasteiger partial charge in [-0.1, -0.05) is 48.4 Å². The molecule has 3 aromatic rings. The molecule has 1 heterocycles. The first-order valence-electron chi connectivity index (χ1n) is 11.7. The van der Waals surface area contributed by atoms with Crippen LogP contribution in [0.3, 0.4) is 0 Å². The smallest absolute Gasteiger partial charge is 0.261 e. The largest absolute Gasteiger partial charge is 0.348 e. The Bertz CT molecular complexity index is 1200. The van der Waals surface area contributed by atoms with Gasteiger partial charge in [-0.25, -0.2) is 8.42 Å². The Morgan fingerprint density at radius 2 is 1.44 bits per heavy atom. The zero-order valence-corrected chi connectivity index (χ0v) is 20.3. The Morgan fingerprint density at radius 1 is 0.824 bits per heavy atom. The van der Waals surface area contributed by atoms with E-state index in [9.17, 15) is 13.2 Å². The second-order valence-electron chi connectivity index (χ2n) is 8.83. The second kappa shape index (κ2) is 10.8. The summed E-state index contributed by atoms with van der Waals surface area (Å²) in [5.41, 5.74) is 4.20. The van der Waals surface area contributed by atoms with E-state index in [4.69, 9.17) is 0 Å². The predicted molar refractivity (Wildman–Crippen MR) is 135 cm³/mol. The average molecular weight is 478 g/mol. The molecule has 0 bridgehead atoms. The van der Waals surface area contributed by atoms with Crippen molar-refractivity contribution in [3.8, 4) is 0 Å². The van der Waals surface area contributed by atoms with Crippen LogP contribution in [0.4, 0.5) is 5.69 Å². The van der Waals surface area contributed by atoms with Gasteiger partial charge in [0, 0.05) is 24.3 Å². The highest BCUT2D eigenvalue weighted by atomic mass is 32.2. The van der Waals surface area contributed by atoms with Crippen molar-refractivity contribution in [3.63, 3.8) is 0 Å². The lowest BCUT2D eigenvalue weighted by Crippen LogP contribution is -2.29. The molecule has 0 saturated carbocycles. The monoisotopic (exact) mass is 477 g/mol. The van der Waals surface area contributed by atoms with Crippen molar-refractivity contribution >= 4 is 21.6 Å². The number of benzene rings is 3. The Kier molecular flexibility index (Phi) is 7.65. The molecule has 2 N–H and O–H groups in total. The standard InChI is InChI=1S/C27H31N3O3S/c1-21-5-15-26(16-6-21)34(32,33)29-25-13-11-24(12-14-25)27(31)28-19-22-7-9-23(10-8-22)20-30-17-3-2-4-18-30/h5-16,29H,2-4,17-20H2,1H3,(H,28,31). The highest BCUT2D eigenvalue weighted by Gasteiger charge is 2.14. The van der Waals surface area contributed by atoms with E-state index in [0.717, 1.165) is 17.7 Å². The molecule has 34 heavy (non-hydrogen) atoms. The molecule has 1 saturated heterocycles. The molecule has 1 aliphatic heterocycles. The van der Waals surface area contributed by atoms with Crippen molar-refractivity contribution in [2.45, 2.75) is 44.2 Å². The number of carbonyl (C=O) groups is 1. The summed E-state index contributed by atoms with van der Waals surface area (Å²) < 4.78 is 27.6. The number of rotatable bonds is 8. The lowest BCUT2D eigenvalue weighted by Gasteiger charge is -2.26. The maximum atomic E-state index is 12.5. The summed E-state index contributed by atoms with van der Waals surface area (Å²) >= 11 is 0. The lowest BCUT2D eigenvalue weighted by atomic mass is 10.1. The topological polar surface area (TPSA) is 78.5 Å². The summed E-state index contributed by atoms with van der Waals surface area (Å²) in [6.45, 7) is 5.66. The summed E-state index contributed by atoms with van der Waals surface area (Å²) in [5, 5.41) is 2.93. The van der Waals surface area contributed by atoms with Crippen LogP contribution in [0.2, 0.25) is 0 Å². The normalized spacial score (nSPS) is 14.5. The number of anilines is 1. The fraction of sp³-hybridized carbons (Fsp3) is 0.296. The SMILES string of the molecule is Cc1ccc(S(=O)(=O)Nc2ccc(C(=O)NCc3ccc(CN4CCCCC4)cc3)cc2)cc1. The van der Waals surface area contributed by atoms with Gasteiger partial charge in [0.25, 0.3) is 15.9 Å². The Morgan fingerprint density at radius 3 is 2.09 bits per heavy atom. The van der Waals surface area contributed by atoms with Gasteiger partial charge in [0.05, 0.1) is 4.90 Å². The third-order valence-electron chi connectivity index (χ3n) is 6.06. The van der Waals surface area contributed by atoms with Crippen molar-refractivity contribution in [2.75, 3.05) is 17.8 Å². The van der Waals surface area contributed by atoms with E-state index in [0.29, 0.717) is 17.8 Å². The van der Waals surface area contributed by atoms with Gasteiger partial charge in [-0.05, 0) is 80.4 Å². The summed E-state index contributed by atoms with van der Waals surface area (Å²) in [5.74, 6) is -0.203. The molecule has 0 spiro atoms. The molecule has 1 fully saturated rings. The van der Waals surface area contributed by atoms with Gasteiger partial charge in [-0.2, -0.15) is 0 Å². The molecule has 0 aromatic heterocycles. The summed E-state index contributed by atoms with van der Waals surface area (Å²) in [7, 11) is -3.68. The van der Waals surface area contributed by atoms with Crippen molar-refractivity contribution < 1.29 is 13.2 Å². The maximum Gasteiger partial charge on any atom is 0.261 e. The third kappa shape index (κ3) is 6.46.